The van der Waals surface area contributed by atoms with Crippen LogP contribution in [0.5, 0.6) is 0 Å². The monoisotopic (exact) mass is 379 g/mol. The number of carbonyl (C=O) groups is 2. The highest BCUT2D eigenvalue weighted by Crippen LogP contribution is 2.19. The number of nitrogens with one attached hydrogen (secondary N) is 3. The second-order valence-electron chi connectivity index (χ2n) is 6.74. The fourth-order valence-corrected chi connectivity index (χ4v) is 3.31. The molecule has 0 aliphatic heterocycles. The molecule has 0 saturated carbocycles. The van der Waals surface area contributed by atoms with Gasteiger partial charge in [0.25, 0.3) is 0 Å². The van der Waals surface area contributed by atoms with Crippen LogP contribution >= 0.6 is 0 Å². The van der Waals surface area contributed by atoms with Crippen LogP contribution in [-0.4, -0.2) is 29.9 Å². The molecule has 6 heteroatoms. The molecule has 0 aliphatic carbocycles. The van der Waals surface area contributed by atoms with Crippen molar-refractivity contribution in [2.45, 2.75) is 32.5 Å². The van der Waals surface area contributed by atoms with Crippen molar-refractivity contribution in [3.05, 3.63) is 71.4 Å². The van der Waals surface area contributed by atoms with Crippen LogP contribution in [0.15, 0.2) is 54.7 Å². The Balaban J connectivity index is 1.72. The van der Waals surface area contributed by atoms with Gasteiger partial charge in [-0.3, -0.25) is 9.59 Å². The Bertz CT molecular complexity index is 964. The number of aromatic amines is 1. The van der Waals surface area contributed by atoms with Gasteiger partial charge < -0.3 is 20.4 Å². The number of rotatable bonds is 8. The summed E-state index contributed by atoms with van der Waals surface area (Å²) < 4.78 is 5.21. The van der Waals surface area contributed by atoms with E-state index >= 15 is 0 Å². The van der Waals surface area contributed by atoms with Crippen molar-refractivity contribution in [3.63, 3.8) is 0 Å². The Morgan fingerprint density at radius 1 is 1.04 bits per heavy atom. The number of benzene rings is 2. The lowest BCUT2D eigenvalue weighted by atomic mass is 10.0. The van der Waals surface area contributed by atoms with Gasteiger partial charge in [0.1, 0.15) is 6.04 Å². The van der Waals surface area contributed by atoms with E-state index < -0.39 is 6.04 Å². The van der Waals surface area contributed by atoms with Crippen LogP contribution in [0.1, 0.15) is 23.6 Å². The standard InChI is InChI=1S/C22H25N3O3/c1-15(26)25-21(11-18-13-23-20-10-6-5-9-19(18)20)22(27)24-12-16-7-3-4-8-17(16)14-28-2/h3-10,13,21,23H,11-12,14H2,1-2H3,(H,24,27)(H,25,26). The molecule has 2 aromatic carbocycles. The van der Waals surface area contributed by atoms with Crippen LogP contribution in [0.3, 0.4) is 0 Å². The maximum atomic E-state index is 12.8. The number of para-hydroxylation sites is 1. The van der Waals surface area contributed by atoms with E-state index in [1.54, 1.807) is 7.11 Å². The number of fused-ring (bicyclic) bond motifs is 1. The average Bonchev–Trinajstić information content (AvgIpc) is 3.09. The van der Waals surface area contributed by atoms with Crippen LogP contribution < -0.4 is 10.6 Å². The summed E-state index contributed by atoms with van der Waals surface area (Å²) in [6, 6.07) is 15.1. The smallest absolute Gasteiger partial charge is 0.243 e. The number of H-pyrrole nitrogens is 1. The quantitative estimate of drug-likeness (QED) is 0.563. The lowest BCUT2D eigenvalue weighted by Gasteiger charge is -2.18. The minimum absolute atomic E-state index is 0.215. The molecule has 0 radical (unpaired) electrons. The third-order valence-corrected chi connectivity index (χ3v) is 4.66. The van der Waals surface area contributed by atoms with Gasteiger partial charge in [0, 0.05) is 44.1 Å². The fourth-order valence-electron chi connectivity index (χ4n) is 3.31. The van der Waals surface area contributed by atoms with E-state index in [4.69, 9.17) is 4.74 Å². The molecule has 0 saturated heterocycles. The maximum absolute atomic E-state index is 12.8. The van der Waals surface area contributed by atoms with E-state index in [1.165, 1.54) is 6.92 Å². The zero-order valence-corrected chi connectivity index (χ0v) is 16.1. The average molecular weight is 379 g/mol. The Morgan fingerprint density at radius 3 is 2.50 bits per heavy atom. The van der Waals surface area contributed by atoms with Gasteiger partial charge in [0.2, 0.25) is 11.8 Å². The zero-order chi connectivity index (χ0) is 19.9. The first-order chi connectivity index (χ1) is 13.6. The minimum Gasteiger partial charge on any atom is -0.380 e. The van der Waals surface area contributed by atoms with E-state index in [9.17, 15) is 9.59 Å². The second-order valence-corrected chi connectivity index (χ2v) is 6.74. The van der Waals surface area contributed by atoms with Gasteiger partial charge in [-0.2, -0.15) is 0 Å². The SMILES string of the molecule is COCc1ccccc1CNC(=O)C(Cc1c[nH]c2ccccc12)NC(C)=O. The van der Waals surface area contributed by atoms with E-state index in [0.717, 1.165) is 27.6 Å². The summed E-state index contributed by atoms with van der Waals surface area (Å²) in [6.07, 6.45) is 2.30. The molecule has 0 spiro atoms. The Labute approximate surface area is 164 Å². The topological polar surface area (TPSA) is 83.2 Å². The van der Waals surface area contributed by atoms with E-state index in [0.29, 0.717) is 19.6 Å². The van der Waals surface area contributed by atoms with Crippen molar-refractivity contribution in [2.24, 2.45) is 0 Å². The van der Waals surface area contributed by atoms with Crippen molar-refractivity contribution in [1.29, 1.82) is 0 Å². The van der Waals surface area contributed by atoms with Crippen molar-refractivity contribution in [3.8, 4) is 0 Å². The van der Waals surface area contributed by atoms with Crippen LogP contribution in [-0.2, 0) is 33.9 Å². The number of hydrogen-bond acceptors (Lipinski definition) is 3. The van der Waals surface area contributed by atoms with E-state index in [2.05, 4.69) is 15.6 Å². The van der Waals surface area contributed by atoms with Gasteiger partial charge in [-0.1, -0.05) is 42.5 Å². The number of carbonyl (C=O) groups excluding carboxylic acids is 2. The molecule has 1 atom stereocenters. The molecule has 1 heterocycles. The molecule has 0 fully saturated rings. The van der Waals surface area contributed by atoms with Crippen LogP contribution in [0.4, 0.5) is 0 Å². The molecule has 1 unspecified atom stereocenters. The Kier molecular flexibility index (Phi) is 6.45. The largest absolute Gasteiger partial charge is 0.380 e. The summed E-state index contributed by atoms with van der Waals surface area (Å²) in [5.74, 6) is -0.451. The molecule has 3 rings (SSSR count). The van der Waals surface area contributed by atoms with Gasteiger partial charge in [-0.25, -0.2) is 0 Å². The molecule has 6 nitrogen and oxygen atoms in total. The lowest BCUT2D eigenvalue weighted by Crippen LogP contribution is -2.47. The molecule has 0 bridgehead atoms. The van der Waals surface area contributed by atoms with Crippen molar-refractivity contribution >= 4 is 22.7 Å². The molecular formula is C22H25N3O3. The van der Waals surface area contributed by atoms with Gasteiger partial charge >= 0.3 is 0 Å². The number of methoxy groups -OCH3 is 1. The van der Waals surface area contributed by atoms with Crippen LogP contribution in [0, 0.1) is 0 Å². The summed E-state index contributed by atoms with van der Waals surface area (Å²) >= 11 is 0. The zero-order valence-electron chi connectivity index (χ0n) is 16.1. The first-order valence-electron chi connectivity index (χ1n) is 9.24. The number of amides is 2. The molecule has 1 aromatic heterocycles. The maximum Gasteiger partial charge on any atom is 0.243 e. The molecule has 2 amide bonds. The predicted molar refractivity (Wildman–Crippen MR) is 109 cm³/mol. The summed E-state index contributed by atoms with van der Waals surface area (Å²) in [7, 11) is 1.64. The van der Waals surface area contributed by atoms with Gasteiger partial charge in [-0.15, -0.1) is 0 Å². The number of ether oxygens (including phenoxy) is 1. The Hall–Kier alpha value is -3.12. The van der Waals surface area contributed by atoms with Gasteiger partial charge in [0.15, 0.2) is 0 Å². The molecule has 146 valence electrons. The van der Waals surface area contributed by atoms with Crippen molar-refractivity contribution in [1.82, 2.24) is 15.6 Å². The highest BCUT2D eigenvalue weighted by Gasteiger charge is 2.21. The van der Waals surface area contributed by atoms with Crippen molar-refractivity contribution < 1.29 is 14.3 Å². The number of aromatic nitrogens is 1. The molecule has 3 aromatic rings. The summed E-state index contributed by atoms with van der Waals surface area (Å²) in [4.78, 5) is 27.7. The van der Waals surface area contributed by atoms with Crippen LogP contribution in [0.25, 0.3) is 10.9 Å². The molecule has 3 N–H and O–H groups in total. The Morgan fingerprint density at radius 2 is 1.75 bits per heavy atom. The third kappa shape index (κ3) is 4.78. The summed E-state index contributed by atoms with van der Waals surface area (Å²) in [5, 5.41) is 6.77. The second kappa shape index (κ2) is 9.19. The van der Waals surface area contributed by atoms with Gasteiger partial charge in [0.05, 0.1) is 6.61 Å². The van der Waals surface area contributed by atoms with Crippen LogP contribution in [0.2, 0.25) is 0 Å². The van der Waals surface area contributed by atoms with E-state index in [-0.39, 0.29) is 11.8 Å². The normalized spacial score (nSPS) is 11.9. The third-order valence-electron chi connectivity index (χ3n) is 4.66. The highest BCUT2D eigenvalue weighted by molar-refractivity contribution is 5.89. The molecular weight excluding hydrogens is 354 g/mol. The number of hydrogen-bond donors (Lipinski definition) is 3. The molecule has 0 aliphatic rings. The predicted octanol–water partition coefficient (Wildman–Crippen LogP) is 2.68. The first-order valence-corrected chi connectivity index (χ1v) is 9.24. The summed E-state index contributed by atoms with van der Waals surface area (Å²) in [5.41, 5.74) is 4.02. The first kappa shape index (κ1) is 19.6. The lowest BCUT2D eigenvalue weighted by molar-refractivity contribution is -0.128. The van der Waals surface area contributed by atoms with Crippen molar-refractivity contribution in [2.75, 3.05) is 7.11 Å². The molecule has 28 heavy (non-hydrogen) atoms. The minimum atomic E-state index is -0.647. The summed E-state index contributed by atoms with van der Waals surface area (Å²) in [6.45, 7) is 2.28. The fraction of sp³-hybridized carbons (Fsp3) is 0.273. The highest BCUT2D eigenvalue weighted by atomic mass is 16.5. The van der Waals surface area contributed by atoms with E-state index in [1.807, 2.05) is 54.7 Å². The van der Waals surface area contributed by atoms with Gasteiger partial charge in [-0.05, 0) is 22.8 Å².